The molecule has 2 aromatic carbocycles. The van der Waals surface area contributed by atoms with Crippen LogP contribution < -0.4 is 5.73 Å². The van der Waals surface area contributed by atoms with E-state index >= 15 is 0 Å². The van der Waals surface area contributed by atoms with Gasteiger partial charge in [0.05, 0.1) is 13.2 Å². The topological polar surface area (TPSA) is 57.2 Å². The summed E-state index contributed by atoms with van der Waals surface area (Å²) in [6.45, 7) is 1.96. The van der Waals surface area contributed by atoms with Crippen molar-refractivity contribution in [3.05, 3.63) is 76.3 Å². The number of hydrogen-bond acceptors (Lipinski definition) is 3. The van der Waals surface area contributed by atoms with Crippen LogP contribution in [0, 0.1) is 5.82 Å². The Morgan fingerprint density at radius 3 is 2.50 bits per heavy atom. The first kappa shape index (κ1) is 18.2. The van der Waals surface area contributed by atoms with Crippen LogP contribution in [0.15, 0.2) is 59.2 Å². The van der Waals surface area contributed by atoms with Gasteiger partial charge < -0.3 is 15.0 Å². The maximum Gasteiger partial charge on any atom is 0.354 e. The minimum Gasteiger partial charge on any atom is -0.464 e. The minimum absolute atomic E-state index is 0.198. The van der Waals surface area contributed by atoms with Gasteiger partial charge in [-0.25, -0.2) is 9.18 Å². The molecule has 1 atom stereocenters. The van der Waals surface area contributed by atoms with E-state index in [0.29, 0.717) is 11.4 Å². The molecule has 0 fully saturated rings. The van der Waals surface area contributed by atoms with Crippen molar-refractivity contribution >= 4 is 27.6 Å². The SMILES string of the molecule is COC(=O)c1cc(-c2ccc(F)cc2)cn1C(C)c1cc(Br)ccc1N. The molecule has 0 aliphatic heterocycles. The first-order valence-corrected chi connectivity index (χ1v) is 8.81. The van der Waals surface area contributed by atoms with Gasteiger partial charge in [-0.15, -0.1) is 0 Å². The first-order valence-electron chi connectivity index (χ1n) is 8.01. The number of rotatable bonds is 4. The molecule has 0 radical (unpaired) electrons. The summed E-state index contributed by atoms with van der Waals surface area (Å²) < 4.78 is 20.9. The van der Waals surface area contributed by atoms with Crippen molar-refractivity contribution in [2.24, 2.45) is 0 Å². The number of aromatic nitrogens is 1. The van der Waals surface area contributed by atoms with E-state index in [4.69, 9.17) is 10.5 Å². The van der Waals surface area contributed by atoms with E-state index in [1.165, 1.54) is 19.2 Å². The maximum atomic E-state index is 13.2. The number of hydrogen-bond donors (Lipinski definition) is 1. The summed E-state index contributed by atoms with van der Waals surface area (Å²) in [6, 6.07) is 13.3. The second-order valence-corrected chi connectivity index (χ2v) is 6.88. The molecule has 2 N–H and O–H groups in total. The predicted octanol–water partition coefficient (Wildman–Crippen LogP) is 5.03. The van der Waals surface area contributed by atoms with Gasteiger partial charge in [-0.1, -0.05) is 28.1 Å². The van der Waals surface area contributed by atoms with Crippen molar-refractivity contribution in [3.63, 3.8) is 0 Å². The van der Waals surface area contributed by atoms with Crippen molar-refractivity contribution < 1.29 is 13.9 Å². The standard InChI is InChI=1S/C20H18BrFN2O2/c1-12(17-10-15(21)5-8-18(17)23)24-11-14(9-19(24)20(25)26-2)13-3-6-16(22)7-4-13/h3-12H,23H2,1-2H3. The summed E-state index contributed by atoms with van der Waals surface area (Å²) in [5.41, 5.74) is 9.65. The molecule has 3 aromatic rings. The average Bonchev–Trinajstić information content (AvgIpc) is 3.08. The summed E-state index contributed by atoms with van der Waals surface area (Å²) in [6.07, 6.45) is 1.85. The fraction of sp³-hybridized carbons (Fsp3) is 0.150. The van der Waals surface area contributed by atoms with E-state index in [9.17, 15) is 9.18 Å². The van der Waals surface area contributed by atoms with Crippen LogP contribution in [-0.4, -0.2) is 17.6 Å². The lowest BCUT2D eigenvalue weighted by atomic mass is 10.1. The Morgan fingerprint density at radius 1 is 1.15 bits per heavy atom. The third-order valence-corrected chi connectivity index (χ3v) is 4.83. The van der Waals surface area contributed by atoms with Crippen LogP contribution in [0.2, 0.25) is 0 Å². The zero-order valence-electron chi connectivity index (χ0n) is 14.4. The predicted molar refractivity (Wildman–Crippen MR) is 104 cm³/mol. The van der Waals surface area contributed by atoms with Crippen LogP contribution >= 0.6 is 15.9 Å². The molecule has 6 heteroatoms. The summed E-state index contributed by atoms with van der Waals surface area (Å²) in [7, 11) is 1.34. The largest absolute Gasteiger partial charge is 0.464 e. The molecule has 4 nitrogen and oxygen atoms in total. The molecule has 1 heterocycles. The Bertz CT molecular complexity index is 951. The van der Waals surface area contributed by atoms with Gasteiger partial charge >= 0.3 is 5.97 Å². The van der Waals surface area contributed by atoms with E-state index in [1.54, 1.807) is 18.2 Å². The zero-order chi connectivity index (χ0) is 18.8. The summed E-state index contributed by atoms with van der Waals surface area (Å²) in [4.78, 5) is 12.3. The summed E-state index contributed by atoms with van der Waals surface area (Å²) >= 11 is 3.46. The Hall–Kier alpha value is -2.60. The van der Waals surface area contributed by atoms with E-state index in [0.717, 1.165) is 21.2 Å². The van der Waals surface area contributed by atoms with Gasteiger partial charge in [0, 0.05) is 21.9 Å². The number of carbonyl (C=O) groups excluding carboxylic acids is 1. The van der Waals surface area contributed by atoms with Crippen molar-refractivity contribution in [1.82, 2.24) is 4.57 Å². The quantitative estimate of drug-likeness (QED) is 0.478. The van der Waals surface area contributed by atoms with Gasteiger partial charge in [-0.3, -0.25) is 0 Å². The molecule has 0 amide bonds. The number of anilines is 1. The molecule has 3 rings (SSSR count). The number of carbonyl (C=O) groups is 1. The highest BCUT2D eigenvalue weighted by molar-refractivity contribution is 9.10. The molecule has 26 heavy (non-hydrogen) atoms. The Balaban J connectivity index is 2.11. The lowest BCUT2D eigenvalue weighted by Gasteiger charge is -2.19. The summed E-state index contributed by atoms with van der Waals surface area (Å²) in [5.74, 6) is -0.754. The Labute approximate surface area is 159 Å². The molecule has 0 saturated heterocycles. The first-order chi connectivity index (χ1) is 12.4. The molecular formula is C20H18BrFN2O2. The number of halogens is 2. The number of methoxy groups -OCH3 is 1. The van der Waals surface area contributed by atoms with Crippen molar-refractivity contribution in [1.29, 1.82) is 0 Å². The van der Waals surface area contributed by atoms with E-state index in [1.807, 2.05) is 35.9 Å². The van der Waals surface area contributed by atoms with Crippen molar-refractivity contribution in [3.8, 4) is 11.1 Å². The normalized spacial score (nSPS) is 12.0. The molecule has 0 bridgehead atoms. The van der Waals surface area contributed by atoms with E-state index in [-0.39, 0.29) is 11.9 Å². The van der Waals surface area contributed by atoms with Crippen LogP contribution in [0.3, 0.4) is 0 Å². The van der Waals surface area contributed by atoms with Gasteiger partial charge in [0.2, 0.25) is 0 Å². The zero-order valence-corrected chi connectivity index (χ0v) is 16.0. The fourth-order valence-corrected chi connectivity index (χ4v) is 3.30. The number of esters is 1. The third kappa shape index (κ3) is 3.51. The van der Waals surface area contributed by atoms with E-state index < -0.39 is 5.97 Å². The smallest absolute Gasteiger partial charge is 0.354 e. The number of benzene rings is 2. The van der Waals surface area contributed by atoms with Gasteiger partial charge in [0.1, 0.15) is 11.5 Å². The third-order valence-electron chi connectivity index (χ3n) is 4.34. The van der Waals surface area contributed by atoms with Crippen LogP contribution in [0.5, 0.6) is 0 Å². The average molecular weight is 417 g/mol. The number of nitrogens with two attached hydrogens (primary N) is 1. The fourth-order valence-electron chi connectivity index (χ4n) is 2.93. The minimum atomic E-state index is -0.446. The number of nitrogens with zero attached hydrogens (tertiary/aromatic N) is 1. The molecular weight excluding hydrogens is 399 g/mol. The van der Waals surface area contributed by atoms with E-state index in [2.05, 4.69) is 15.9 Å². The molecule has 134 valence electrons. The lowest BCUT2D eigenvalue weighted by Crippen LogP contribution is -2.15. The van der Waals surface area contributed by atoms with Crippen LogP contribution in [0.25, 0.3) is 11.1 Å². The number of nitrogen functional groups attached to an aromatic ring is 1. The number of ether oxygens (including phenoxy) is 1. The second kappa shape index (κ2) is 7.33. The second-order valence-electron chi connectivity index (χ2n) is 5.97. The van der Waals surface area contributed by atoms with Crippen LogP contribution in [-0.2, 0) is 4.74 Å². The highest BCUT2D eigenvalue weighted by Gasteiger charge is 2.21. The van der Waals surface area contributed by atoms with Gasteiger partial charge in [0.15, 0.2) is 0 Å². The molecule has 0 saturated carbocycles. The monoisotopic (exact) mass is 416 g/mol. The molecule has 0 aliphatic carbocycles. The summed E-state index contributed by atoms with van der Waals surface area (Å²) in [5, 5.41) is 0. The van der Waals surface area contributed by atoms with Gasteiger partial charge in [-0.2, -0.15) is 0 Å². The molecule has 1 aromatic heterocycles. The maximum absolute atomic E-state index is 13.2. The Morgan fingerprint density at radius 2 is 1.85 bits per heavy atom. The lowest BCUT2D eigenvalue weighted by molar-refractivity contribution is 0.0587. The highest BCUT2D eigenvalue weighted by Crippen LogP contribution is 2.32. The molecule has 0 aliphatic rings. The van der Waals surface area contributed by atoms with Crippen LogP contribution in [0.4, 0.5) is 10.1 Å². The molecule has 0 spiro atoms. The van der Waals surface area contributed by atoms with Crippen LogP contribution in [0.1, 0.15) is 29.0 Å². The highest BCUT2D eigenvalue weighted by atomic mass is 79.9. The molecule has 1 unspecified atom stereocenters. The Kier molecular flexibility index (Phi) is 5.13. The van der Waals surface area contributed by atoms with Gasteiger partial charge in [0.25, 0.3) is 0 Å². The van der Waals surface area contributed by atoms with Crippen molar-refractivity contribution in [2.75, 3.05) is 12.8 Å². The van der Waals surface area contributed by atoms with Gasteiger partial charge in [-0.05, 0) is 54.4 Å². The van der Waals surface area contributed by atoms with Crippen molar-refractivity contribution in [2.45, 2.75) is 13.0 Å².